The summed E-state index contributed by atoms with van der Waals surface area (Å²) in [6.07, 6.45) is 0. The van der Waals surface area contributed by atoms with Gasteiger partial charge in [-0.15, -0.1) is 0 Å². The van der Waals surface area contributed by atoms with E-state index >= 15 is 0 Å². The van der Waals surface area contributed by atoms with Crippen molar-refractivity contribution in [2.24, 2.45) is 0 Å². The van der Waals surface area contributed by atoms with Gasteiger partial charge in [0.05, 0.1) is 6.61 Å². The van der Waals surface area contributed by atoms with Gasteiger partial charge in [-0.05, 0) is 0 Å². The molecule has 0 aliphatic heterocycles. The van der Waals surface area contributed by atoms with E-state index in [2.05, 4.69) is 17.7 Å². The summed E-state index contributed by atoms with van der Waals surface area (Å²) >= 11 is 0. The fourth-order valence-electron chi connectivity index (χ4n) is 0.0854. The van der Waals surface area contributed by atoms with Crippen LogP contribution in [0.4, 0.5) is 0 Å². The Morgan fingerprint density at radius 2 is 2.33 bits per heavy atom. The van der Waals surface area contributed by atoms with Crippen molar-refractivity contribution in [3.8, 4) is 0 Å². The van der Waals surface area contributed by atoms with Crippen molar-refractivity contribution in [3.05, 3.63) is 0 Å². The van der Waals surface area contributed by atoms with Crippen LogP contribution >= 0.6 is 0 Å². The second kappa shape index (κ2) is 4.94. The summed E-state index contributed by atoms with van der Waals surface area (Å²) < 4.78 is 0. The molecule has 0 rings (SSSR count). The Balaban J connectivity index is 2.34. The minimum atomic E-state index is -0.0722. The van der Waals surface area contributed by atoms with E-state index < -0.39 is 0 Å². The summed E-state index contributed by atoms with van der Waals surface area (Å²) in [5, 5.41) is 7.94. The second-order valence-corrected chi connectivity index (χ2v) is 0.642. The molecule has 0 aliphatic rings. The molecule has 0 unspecified atom stereocenters. The van der Waals surface area contributed by atoms with Crippen molar-refractivity contribution in [1.29, 1.82) is 0 Å². The van der Waals surface area contributed by atoms with Crippen molar-refractivity contribution in [2.75, 3.05) is 13.2 Å². The average Bonchev–Trinajstić information content (AvgIpc) is 1.61. The molecule has 0 heterocycles. The molecule has 0 aromatic rings. The summed E-state index contributed by atoms with van der Waals surface area (Å²) in [5.41, 5.74) is 0. The fraction of sp³-hybridized carbons (Fsp3) is 1.00. The molecular formula is C2H5BO3. The number of hydrogen-bond donors (Lipinski definition) is 1. The van der Waals surface area contributed by atoms with E-state index in [9.17, 15) is 0 Å². The van der Waals surface area contributed by atoms with Crippen molar-refractivity contribution >= 4 is 8.05 Å². The lowest BCUT2D eigenvalue weighted by Crippen LogP contribution is -1.96. The number of aliphatic hydroxyl groups excluding tert-OH is 1. The first kappa shape index (κ1) is 5.94. The highest BCUT2D eigenvalue weighted by Crippen LogP contribution is 1.65. The molecule has 1 N–H and O–H groups in total. The van der Waals surface area contributed by atoms with Crippen molar-refractivity contribution < 1.29 is 14.8 Å². The summed E-state index contributed by atoms with van der Waals surface area (Å²) in [6, 6.07) is 0. The van der Waals surface area contributed by atoms with Gasteiger partial charge in [0.1, 0.15) is 6.61 Å². The van der Waals surface area contributed by atoms with Gasteiger partial charge < -0.3 is 9.91 Å². The lowest BCUT2D eigenvalue weighted by atomic mass is 10.6. The predicted octanol–water partition coefficient (Wildman–Crippen LogP) is -0.990. The van der Waals surface area contributed by atoms with Gasteiger partial charge in [-0.2, -0.15) is 0 Å². The highest BCUT2D eigenvalue weighted by Gasteiger charge is 1.74. The summed E-state index contributed by atoms with van der Waals surface area (Å²) in [5.74, 6) is 0. The van der Waals surface area contributed by atoms with Gasteiger partial charge >= 0.3 is 8.05 Å². The molecule has 0 saturated carbocycles. The molecule has 0 aromatic heterocycles. The Morgan fingerprint density at radius 1 is 1.67 bits per heavy atom. The summed E-state index contributed by atoms with van der Waals surface area (Å²) in [7, 11) is 4.38. The quantitative estimate of drug-likeness (QED) is 0.208. The van der Waals surface area contributed by atoms with E-state index in [4.69, 9.17) is 5.11 Å². The third-order valence-corrected chi connectivity index (χ3v) is 0.243. The molecule has 0 aliphatic carbocycles. The van der Waals surface area contributed by atoms with Crippen LogP contribution in [0.5, 0.6) is 0 Å². The third-order valence-electron chi connectivity index (χ3n) is 0.243. The van der Waals surface area contributed by atoms with Crippen molar-refractivity contribution in [2.45, 2.75) is 0 Å². The van der Waals surface area contributed by atoms with Crippen LogP contribution in [-0.2, 0) is 9.69 Å². The molecule has 0 aromatic carbocycles. The van der Waals surface area contributed by atoms with Crippen LogP contribution in [0.25, 0.3) is 0 Å². The van der Waals surface area contributed by atoms with Gasteiger partial charge in [0, 0.05) is 0 Å². The molecule has 0 saturated heterocycles. The van der Waals surface area contributed by atoms with Gasteiger partial charge in [0.15, 0.2) is 0 Å². The maximum absolute atomic E-state index is 7.94. The van der Waals surface area contributed by atoms with E-state index in [1.165, 1.54) is 0 Å². The molecule has 4 heteroatoms. The molecule has 0 atom stereocenters. The summed E-state index contributed by atoms with van der Waals surface area (Å²) in [6.45, 7) is 0.0493. The van der Waals surface area contributed by atoms with E-state index in [1.54, 1.807) is 0 Å². The highest BCUT2D eigenvalue weighted by molar-refractivity contribution is 5.97. The Bertz CT molecular complexity index is 20.8. The SMILES string of the molecule is [B]OOCCO. The van der Waals surface area contributed by atoms with Crippen LogP contribution in [-0.4, -0.2) is 26.4 Å². The normalized spacial score (nSPS) is 8.83. The highest BCUT2D eigenvalue weighted by atomic mass is 17.2. The standard InChI is InChI=1S/C2H5BO3/c3-6-5-2-1-4/h4H,1-2H2. The van der Waals surface area contributed by atoms with Gasteiger partial charge in [0.2, 0.25) is 0 Å². The van der Waals surface area contributed by atoms with E-state index in [1.807, 2.05) is 0 Å². The maximum atomic E-state index is 7.94. The van der Waals surface area contributed by atoms with Crippen LogP contribution in [0.15, 0.2) is 0 Å². The zero-order chi connectivity index (χ0) is 4.83. The van der Waals surface area contributed by atoms with E-state index in [0.717, 1.165) is 0 Å². The number of hydrogen-bond acceptors (Lipinski definition) is 3. The largest absolute Gasteiger partial charge is 0.394 e. The van der Waals surface area contributed by atoms with Gasteiger partial charge in [-0.1, -0.05) is 0 Å². The second-order valence-electron chi connectivity index (χ2n) is 0.642. The average molecular weight is 87.9 g/mol. The molecule has 0 fully saturated rings. The van der Waals surface area contributed by atoms with Gasteiger partial charge in [-0.3, -0.25) is 4.89 Å². The van der Waals surface area contributed by atoms with Crippen LogP contribution in [0, 0.1) is 0 Å². The first-order valence-electron chi connectivity index (χ1n) is 1.51. The molecule has 3 nitrogen and oxygen atoms in total. The first-order chi connectivity index (χ1) is 2.91. The molecule has 6 heavy (non-hydrogen) atoms. The Morgan fingerprint density at radius 3 is 2.50 bits per heavy atom. The predicted molar refractivity (Wildman–Crippen MR) is 19.9 cm³/mol. The van der Waals surface area contributed by atoms with Gasteiger partial charge in [-0.25, -0.2) is 0 Å². The molecule has 0 spiro atoms. The molecule has 2 radical (unpaired) electrons. The lowest BCUT2D eigenvalue weighted by Gasteiger charge is -1.91. The Kier molecular flexibility index (Phi) is 4.90. The minimum absolute atomic E-state index is 0.0722. The van der Waals surface area contributed by atoms with Crippen LogP contribution in [0.1, 0.15) is 0 Å². The third kappa shape index (κ3) is 3.94. The van der Waals surface area contributed by atoms with Crippen LogP contribution < -0.4 is 0 Å². The van der Waals surface area contributed by atoms with Crippen LogP contribution in [0.3, 0.4) is 0 Å². The fourth-order valence-corrected chi connectivity index (χ4v) is 0.0854. The zero-order valence-corrected chi connectivity index (χ0v) is 3.26. The van der Waals surface area contributed by atoms with E-state index in [-0.39, 0.29) is 13.2 Å². The Labute approximate surface area is 37.2 Å². The molecular weight excluding hydrogens is 82.8 g/mol. The number of aliphatic hydroxyl groups is 1. The van der Waals surface area contributed by atoms with Crippen molar-refractivity contribution in [3.63, 3.8) is 0 Å². The number of rotatable bonds is 3. The first-order valence-corrected chi connectivity index (χ1v) is 1.51. The molecule has 34 valence electrons. The smallest absolute Gasteiger partial charge is 0.338 e. The topological polar surface area (TPSA) is 38.7 Å². The minimum Gasteiger partial charge on any atom is -0.394 e. The zero-order valence-electron chi connectivity index (χ0n) is 3.26. The summed E-state index contributed by atoms with van der Waals surface area (Å²) in [4.78, 5) is 7.63. The molecule has 0 amide bonds. The van der Waals surface area contributed by atoms with Gasteiger partial charge in [0.25, 0.3) is 0 Å². The lowest BCUT2D eigenvalue weighted by molar-refractivity contribution is -0.209. The van der Waals surface area contributed by atoms with E-state index in [0.29, 0.717) is 0 Å². The van der Waals surface area contributed by atoms with Crippen LogP contribution in [0.2, 0.25) is 0 Å². The molecule has 0 bridgehead atoms. The maximum Gasteiger partial charge on any atom is 0.338 e. The monoisotopic (exact) mass is 88.0 g/mol. The van der Waals surface area contributed by atoms with Crippen molar-refractivity contribution in [1.82, 2.24) is 0 Å². The Hall–Kier alpha value is -0.0551.